The van der Waals surface area contributed by atoms with Gasteiger partial charge in [0.25, 0.3) is 0 Å². The second-order valence-electron chi connectivity index (χ2n) is 4.84. The molecular weight excluding hydrogens is 312 g/mol. The van der Waals surface area contributed by atoms with E-state index in [0.717, 1.165) is 26.1 Å². The predicted octanol–water partition coefficient (Wildman–Crippen LogP) is 3.01. The van der Waals surface area contributed by atoms with Crippen LogP contribution >= 0.6 is 27.3 Å². The lowest BCUT2D eigenvalue weighted by Crippen LogP contribution is -2.48. The van der Waals surface area contributed by atoms with Crippen molar-refractivity contribution in [2.75, 3.05) is 19.7 Å². The zero-order valence-electron chi connectivity index (χ0n) is 10.9. The molecule has 3 unspecified atom stereocenters. The van der Waals surface area contributed by atoms with E-state index in [1.54, 1.807) is 11.3 Å². The number of hydrogen-bond acceptors (Lipinski definition) is 4. The molecule has 0 radical (unpaired) electrons. The highest BCUT2D eigenvalue weighted by molar-refractivity contribution is 9.11. The molecule has 1 aromatic rings. The maximum Gasteiger partial charge on any atom is 0.0702 e. The molecule has 5 heteroatoms. The van der Waals surface area contributed by atoms with Gasteiger partial charge in [0.2, 0.25) is 0 Å². The van der Waals surface area contributed by atoms with Crippen LogP contribution in [0.1, 0.15) is 31.2 Å². The smallest absolute Gasteiger partial charge is 0.0702 e. The third-order valence-electron chi connectivity index (χ3n) is 3.40. The van der Waals surface area contributed by atoms with Crippen molar-refractivity contribution in [3.05, 3.63) is 20.8 Å². The van der Waals surface area contributed by atoms with Gasteiger partial charge in [-0.05, 0) is 41.4 Å². The highest BCUT2D eigenvalue weighted by Crippen LogP contribution is 2.33. The monoisotopic (exact) mass is 332 g/mol. The molecule has 0 bridgehead atoms. The van der Waals surface area contributed by atoms with Crippen molar-refractivity contribution >= 4 is 27.3 Å². The highest BCUT2D eigenvalue weighted by atomic mass is 79.9. The lowest BCUT2D eigenvalue weighted by atomic mass is 10.1. The Morgan fingerprint density at radius 3 is 2.94 bits per heavy atom. The molecule has 18 heavy (non-hydrogen) atoms. The van der Waals surface area contributed by atoms with E-state index < -0.39 is 0 Å². The second-order valence-corrected chi connectivity index (χ2v) is 7.34. The van der Waals surface area contributed by atoms with E-state index in [4.69, 9.17) is 10.5 Å². The summed E-state index contributed by atoms with van der Waals surface area (Å²) >= 11 is 5.31. The molecule has 0 spiro atoms. The molecule has 1 fully saturated rings. The van der Waals surface area contributed by atoms with Crippen molar-refractivity contribution in [1.82, 2.24) is 4.90 Å². The van der Waals surface area contributed by atoms with Crippen LogP contribution in [0.15, 0.2) is 15.9 Å². The standard InChI is InChI=1S/C13H21BrN2OS/c1-3-10-8-16(6-7-17-10)13(9(2)15)11-4-5-12(14)18-11/h4-5,9-10,13H,3,6-8,15H2,1-2H3. The minimum Gasteiger partial charge on any atom is -0.376 e. The largest absolute Gasteiger partial charge is 0.376 e. The van der Waals surface area contributed by atoms with Gasteiger partial charge in [-0.1, -0.05) is 6.92 Å². The van der Waals surface area contributed by atoms with Crippen molar-refractivity contribution in [3.63, 3.8) is 0 Å². The molecular formula is C13H21BrN2OS. The van der Waals surface area contributed by atoms with Crippen molar-refractivity contribution in [2.45, 2.75) is 38.5 Å². The number of ether oxygens (including phenoxy) is 1. The summed E-state index contributed by atoms with van der Waals surface area (Å²) in [6.45, 7) is 7.04. The quantitative estimate of drug-likeness (QED) is 0.921. The zero-order chi connectivity index (χ0) is 13.1. The summed E-state index contributed by atoms with van der Waals surface area (Å²) in [5, 5.41) is 0. The summed E-state index contributed by atoms with van der Waals surface area (Å²) in [6.07, 6.45) is 1.42. The molecule has 2 rings (SSSR count). The fourth-order valence-corrected chi connectivity index (χ4v) is 4.18. The molecule has 1 saturated heterocycles. The number of morpholine rings is 1. The summed E-state index contributed by atoms with van der Waals surface area (Å²) < 4.78 is 6.91. The van der Waals surface area contributed by atoms with E-state index in [1.165, 1.54) is 8.66 Å². The predicted molar refractivity (Wildman–Crippen MR) is 80.0 cm³/mol. The van der Waals surface area contributed by atoms with Gasteiger partial charge in [0.15, 0.2) is 0 Å². The first kappa shape index (κ1) is 14.5. The number of rotatable bonds is 4. The highest BCUT2D eigenvalue weighted by Gasteiger charge is 2.29. The van der Waals surface area contributed by atoms with Gasteiger partial charge in [0.1, 0.15) is 0 Å². The molecule has 0 aliphatic carbocycles. The summed E-state index contributed by atoms with van der Waals surface area (Å²) in [5.41, 5.74) is 6.20. The molecule has 2 heterocycles. The van der Waals surface area contributed by atoms with Gasteiger partial charge in [0, 0.05) is 24.0 Å². The van der Waals surface area contributed by atoms with Crippen molar-refractivity contribution in [1.29, 1.82) is 0 Å². The average Bonchev–Trinajstić information content (AvgIpc) is 2.75. The van der Waals surface area contributed by atoms with Crippen molar-refractivity contribution in [3.8, 4) is 0 Å². The number of nitrogens with zero attached hydrogens (tertiary/aromatic N) is 1. The van der Waals surface area contributed by atoms with E-state index in [9.17, 15) is 0 Å². The van der Waals surface area contributed by atoms with Gasteiger partial charge in [-0.25, -0.2) is 0 Å². The Balaban J connectivity index is 2.14. The zero-order valence-corrected chi connectivity index (χ0v) is 13.3. The molecule has 0 aromatic carbocycles. The normalized spacial score (nSPS) is 25.0. The van der Waals surface area contributed by atoms with Gasteiger partial charge in [0.05, 0.1) is 22.5 Å². The molecule has 102 valence electrons. The topological polar surface area (TPSA) is 38.5 Å². The lowest BCUT2D eigenvalue weighted by Gasteiger charge is -2.39. The fourth-order valence-electron chi connectivity index (χ4n) is 2.50. The summed E-state index contributed by atoms with van der Waals surface area (Å²) in [4.78, 5) is 3.81. The number of halogens is 1. The van der Waals surface area contributed by atoms with Crippen LogP contribution in [0.4, 0.5) is 0 Å². The van der Waals surface area contributed by atoms with Gasteiger partial charge >= 0.3 is 0 Å². The van der Waals surface area contributed by atoms with Crippen molar-refractivity contribution in [2.24, 2.45) is 5.73 Å². The van der Waals surface area contributed by atoms with Gasteiger partial charge in [-0.2, -0.15) is 0 Å². The van der Waals surface area contributed by atoms with Crippen LogP contribution in [-0.4, -0.2) is 36.7 Å². The molecule has 1 aliphatic heterocycles. The number of nitrogens with two attached hydrogens (primary N) is 1. The van der Waals surface area contributed by atoms with Crippen LogP contribution in [-0.2, 0) is 4.74 Å². The average molecular weight is 333 g/mol. The van der Waals surface area contributed by atoms with Gasteiger partial charge < -0.3 is 10.5 Å². The third kappa shape index (κ3) is 3.33. The molecule has 2 N–H and O–H groups in total. The van der Waals surface area contributed by atoms with Gasteiger partial charge in [-0.3, -0.25) is 4.90 Å². The summed E-state index contributed by atoms with van der Waals surface area (Å²) in [6, 6.07) is 4.72. The molecule has 0 saturated carbocycles. The summed E-state index contributed by atoms with van der Waals surface area (Å²) in [5.74, 6) is 0. The van der Waals surface area contributed by atoms with E-state index in [0.29, 0.717) is 12.1 Å². The molecule has 0 amide bonds. The van der Waals surface area contributed by atoms with Crippen LogP contribution in [0.5, 0.6) is 0 Å². The Kier molecular flexibility index (Phi) is 5.21. The van der Waals surface area contributed by atoms with E-state index in [-0.39, 0.29) is 6.04 Å². The maximum absolute atomic E-state index is 6.20. The summed E-state index contributed by atoms with van der Waals surface area (Å²) in [7, 11) is 0. The van der Waals surface area contributed by atoms with E-state index >= 15 is 0 Å². The fraction of sp³-hybridized carbons (Fsp3) is 0.692. The first-order valence-electron chi connectivity index (χ1n) is 6.48. The molecule has 3 nitrogen and oxygen atoms in total. The SMILES string of the molecule is CCC1CN(C(c2ccc(Br)s2)C(C)N)CCO1. The Bertz CT molecular complexity index is 383. The second kappa shape index (κ2) is 6.48. The molecule has 3 atom stereocenters. The van der Waals surface area contributed by atoms with Crippen LogP contribution < -0.4 is 5.73 Å². The minimum atomic E-state index is 0.131. The van der Waals surface area contributed by atoms with Crippen LogP contribution in [0, 0.1) is 0 Å². The van der Waals surface area contributed by atoms with Crippen LogP contribution in [0.2, 0.25) is 0 Å². The molecule has 1 aromatic heterocycles. The Hall–Kier alpha value is 0.0600. The minimum absolute atomic E-state index is 0.131. The van der Waals surface area contributed by atoms with Crippen LogP contribution in [0.25, 0.3) is 0 Å². The maximum atomic E-state index is 6.20. The first-order chi connectivity index (χ1) is 8.61. The Morgan fingerprint density at radius 2 is 2.39 bits per heavy atom. The Morgan fingerprint density at radius 1 is 1.61 bits per heavy atom. The Labute approximate surface area is 121 Å². The third-order valence-corrected chi connectivity index (χ3v) is 5.10. The number of hydrogen-bond donors (Lipinski definition) is 1. The first-order valence-corrected chi connectivity index (χ1v) is 8.09. The number of thiophene rings is 1. The van der Waals surface area contributed by atoms with E-state index in [2.05, 4.69) is 46.8 Å². The van der Waals surface area contributed by atoms with Gasteiger partial charge in [-0.15, -0.1) is 11.3 Å². The molecule has 1 aliphatic rings. The lowest BCUT2D eigenvalue weighted by molar-refractivity contribution is -0.0472. The van der Waals surface area contributed by atoms with Crippen LogP contribution in [0.3, 0.4) is 0 Å². The van der Waals surface area contributed by atoms with E-state index in [1.807, 2.05) is 0 Å². The van der Waals surface area contributed by atoms with Crippen molar-refractivity contribution < 1.29 is 4.74 Å².